The van der Waals surface area contributed by atoms with Crippen LogP contribution in [0.4, 0.5) is 0 Å². The van der Waals surface area contributed by atoms with E-state index in [0.717, 1.165) is 28.0 Å². The molecule has 0 aromatic heterocycles. The van der Waals surface area contributed by atoms with Gasteiger partial charge in [0.25, 0.3) is 0 Å². The molecule has 0 spiro atoms. The van der Waals surface area contributed by atoms with Gasteiger partial charge in [-0.15, -0.1) is 0 Å². The molecule has 3 nitrogen and oxygen atoms in total. The lowest BCUT2D eigenvalue weighted by Gasteiger charge is -2.07. The second-order valence-electron chi connectivity index (χ2n) is 4.01. The minimum absolute atomic E-state index is 0.0877. The fourth-order valence-corrected chi connectivity index (χ4v) is 2.05. The predicted octanol–water partition coefficient (Wildman–Crippen LogP) is 3.11. The lowest BCUT2D eigenvalue weighted by molar-refractivity contribution is -0.120. The normalized spacial score (nSPS) is 10.4. The van der Waals surface area contributed by atoms with Crippen LogP contribution in [0.2, 0.25) is 5.02 Å². The zero-order valence-electron chi connectivity index (χ0n) is 10.4. The maximum absolute atomic E-state index is 11.3. The second kappa shape index (κ2) is 8.51. The maximum atomic E-state index is 11.3. The number of halogens is 2. The SMILES string of the molecule is CCCNC(=O)CCNCc1cc(Br)ccc1Cl. The highest BCUT2D eigenvalue weighted by atomic mass is 79.9. The Morgan fingerprint density at radius 2 is 2.17 bits per heavy atom. The average Bonchev–Trinajstić information content (AvgIpc) is 2.36. The fourth-order valence-electron chi connectivity index (χ4n) is 1.46. The Morgan fingerprint density at radius 3 is 2.89 bits per heavy atom. The van der Waals surface area contributed by atoms with Gasteiger partial charge in [-0.1, -0.05) is 34.5 Å². The average molecular weight is 334 g/mol. The number of amides is 1. The molecule has 0 unspecified atom stereocenters. The molecule has 1 amide bonds. The van der Waals surface area contributed by atoms with Crippen LogP contribution in [0.1, 0.15) is 25.3 Å². The van der Waals surface area contributed by atoms with E-state index in [0.29, 0.717) is 19.5 Å². The summed E-state index contributed by atoms with van der Waals surface area (Å²) in [5.74, 6) is 0.0877. The van der Waals surface area contributed by atoms with Gasteiger partial charge in [0.05, 0.1) is 0 Å². The molecule has 0 atom stereocenters. The van der Waals surface area contributed by atoms with Crippen molar-refractivity contribution in [3.8, 4) is 0 Å². The van der Waals surface area contributed by atoms with Gasteiger partial charge in [-0.2, -0.15) is 0 Å². The Kier molecular flexibility index (Phi) is 7.32. The van der Waals surface area contributed by atoms with Crippen molar-refractivity contribution >= 4 is 33.4 Å². The van der Waals surface area contributed by atoms with Gasteiger partial charge in [0, 0.05) is 35.6 Å². The first-order valence-corrected chi connectivity index (χ1v) is 7.22. The third-order valence-corrected chi connectivity index (χ3v) is 3.29. The van der Waals surface area contributed by atoms with Crippen molar-refractivity contribution in [1.29, 1.82) is 0 Å². The number of rotatable bonds is 7. The van der Waals surface area contributed by atoms with E-state index < -0.39 is 0 Å². The van der Waals surface area contributed by atoms with Gasteiger partial charge < -0.3 is 10.6 Å². The molecule has 0 aliphatic rings. The summed E-state index contributed by atoms with van der Waals surface area (Å²) in [7, 11) is 0. The highest BCUT2D eigenvalue weighted by molar-refractivity contribution is 9.10. The molecule has 100 valence electrons. The Hall–Kier alpha value is -0.580. The number of hydrogen-bond donors (Lipinski definition) is 2. The van der Waals surface area contributed by atoms with Crippen LogP contribution in [0.15, 0.2) is 22.7 Å². The van der Waals surface area contributed by atoms with Gasteiger partial charge in [-0.3, -0.25) is 4.79 Å². The molecule has 1 aromatic rings. The first kappa shape index (κ1) is 15.5. The minimum Gasteiger partial charge on any atom is -0.356 e. The molecule has 2 N–H and O–H groups in total. The first-order chi connectivity index (χ1) is 8.63. The van der Waals surface area contributed by atoms with Crippen molar-refractivity contribution in [2.24, 2.45) is 0 Å². The molecule has 0 aliphatic heterocycles. The molecule has 18 heavy (non-hydrogen) atoms. The standard InChI is InChI=1S/C13H18BrClN2O/c1-2-6-17-13(18)5-7-16-9-10-8-11(14)3-4-12(10)15/h3-4,8,16H,2,5-7,9H2,1H3,(H,17,18). The second-order valence-corrected chi connectivity index (χ2v) is 5.34. The van der Waals surface area contributed by atoms with Crippen LogP contribution in [-0.2, 0) is 11.3 Å². The number of benzene rings is 1. The van der Waals surface area contributed by atoms with Crippen molar-refractivity contribution in [3.05, 3.63) is 33.3 Å². The van der Waals surface area contributed by atoms with Gasteiger partial charge in [-0.05, 0) is 30.2 Å². The fraction of sp³-hybridized carbons (Fsp3) is 0.462. The Labute approximate surface area is 121 Å². The predicted molar refractivity (Wildman–Crippen MR) is 78.8 cm³/mol. The molecule has 1 aromatic carbocycles. The van der Waals surface area contributed by atoms with E-state index in [1.807, 2.05) is 25.1 Å². The molecule has 5 heteroatoms. The molecular weight excluding hydrogens is 316 g/mol. The van der Waals surface area contributed by atoms with Gasteiger partial charge in [0.1, 0.15) is 0 Å². The first-order valence-electron chi connectivity index (χ1n) is 6.04. The third-order valence-electron chi connectivity index (χ3n) is 2.42. The van der Waals surface area contributed by atoms with Crippen LogP contribution in [0.3, 0.4) is 0 Å². The zero-order valence-corrected chi connectivity index (χ0v) is 12.8. The molecular formula is C13H18BrClN2O. The van der Waals surface area contributed by atoms with E-state index in [1.54, 1.807) is 0 Å². The summed E-state index contributed by atoms with van der Waals surface area (Å²) in [5.41, 5.74) is 1.03. The molecule has 0 fully saturated rings. The highest BCUT2D eigenvalue weighted by Crippen LogP contribution is 2.20. The van der Waals surface area contributed by atoms with Gasteiger partial charge in [-0.25, -0.2) is 0 Å². The van der Waals surface area contributed by atoms with E-state index >= 15 is 0 Å². The Balaban J connectivity index is 2.25. The molecule has 1 rings (SSSR count). The van der Waals surface area contributed by atoms with E-state index in [9.17, 15) is 4.79 Å². The topological polar surface area (TPSA) is 41.1 Å². The van der Waals surface area contributed by atoms with Crippen LogP contribution < -0.4 is 10.6 Å². The summed E-state index contributed by atoms with van der Waals surface area (Å²) >= 11 is 9.47. The maximum Gasteiger partial charge on any atom is 0.221 e. The van der Waals surface area contributed by atoms with Crippen molar-refractivity contribution in [1.82, 2.24) is 10.6 Å². The smallest absolute Gasteiger partial charge is 0.221 e. The quantitative estimate of drug-likeness (QED) is 0.753. The minimum atomic E-state index is 0.0877. The highest BCUT2D eigenvalue weighted by Gasteiger charge is 2.02. The van der Waals surface area contributed by atoms with Crippen LogP contribution in [-0.4, -0.2) is 19.0 Å². The summed E-state index contributed by atoms with van der Waals surface area (Å²) in [6.45, 7) is 4.10. The molecule has 0 saturated heterocycles. The Morgan fingerprint density at radius 1 is 1.39 bits per heavy atom. The van der Waals surface area contributed by atoms with Gasteiger partial charge in [0.2, 0.25) is 5.91 Å². The van der Waals surface area contributed by atoms with E-state index in [4.69, 9.17) is 11.6 Å². The summed E-state index contributed by atoms with van der Waals surface area (Å²) in [6, 6.07) is 5.74. The van der Waals surface area contributed by atoms with Crippen LogP contribution in [0, 0.1) is 0 Å². The van der Waals surface area contributed by atoms with E-state index in [1.165, 1.54) is 0 Å². The summed E-state index contributed by atoms with van der Waals surface area (Å²) in [5, 5.41) is 6.79. The van der Waals surface area contributed by atoms with Crippen molar-refractivity contribution < 1.29 is 4.79 Å². The number of nitrogens with one attached hydrogen (secondary N) is 2. The van der Waals surface area contributed by atoms with Crippen LogP contribution in [0.5, 0.6) is 0 Å². The van der Waals surface area contributed by atoms with Gasteiger partial charge >= 0.3 is 0 Å². The lowest BCUT2D eigenvalue weighted by atomic mass is 10.2. The number of carbonyl (C=O) groups excluding carboxylic acids is 1. The monoisotopic (exact) mass is 332 g/mol. The molecule has 0 aliphatic carbocycles. The Bertz CT molecular complexity index is 399. The van der Waals surface area contributed by atoms with E-state index in [2.05, 4.69) is 26.6 Å². The lowest BCUT2D eigenvalue weighted by Crippen LogP contribution is -2.28. The van der Waals surface area contributed by atoms with Crippen molar-refractivity contribution in [3.63, 3.8) is 0 Å². The summed E-state index contributed by atoms with van der Waals surface area (Å²) < 4.78 is 1.00. The van der Waals surface area contributed by atoms with Crippen molar-refractivity contribution in [2.75, 3.05) is 13.1 Å². The largest absolute Gasteiger partial charge is 0.356 e. The molecule has 0 bridgehead atoms. The molecule has 0 radical (unpaired) electrons. The van der Waals surface area contributed by atoms with E-state index in [-0.39, 0.29) is 5.91 Å². The van der Waals surface area contributed by atoms with Crippen molar-refractivity contribution in [2.45, 2.75) is 26.3 Å². The molecule has 0 saturated carbocycles. The third kappa shape index (κ3) is 5.85. The molecule has 0 heterocycles. The summed E-state index contributed by atoms with van der Waals surface area (Å²) in [4.78, 5) is 11.3. The van der Waals surface area contributed by atoms with Gasteiger partial charge in [0.15, 0.2) is 0 Å². The van der Waals surface area contributed by atoms with Crippen LogP contribution in [0.25, 0.3) is 0 Å². The summed E-state index contributed by atoms with van der Waals surface area (Å²) in [6.07, 6.45) is 1.46. The van der Waals surface area contributed by atoms with Crippen LogP contribution >= 0.6 is 27.5 Å². The number of hydrogen-bond acceptors (Lipinski definition) is 2. The number of carbonyl (C=O) groups is 1. The zero-order chi connectivity index (χ0) is 13.4.